The van der Waals surface area contributed by atoms with Crippen LogP contribution in [-0.2, 0) is 27.4 Å². The van der Waals surface area contributed by atoms with Gasteiger partial charge in [0.15, 0.2) is 0 Å². The molecule has 34 heavy (non-hydrogen) atoms. The van der Waals surface area contributed by atoms with Crippen LogP contribution in [0.1, 0.15) is 31.4 Å². The van der Waals surface area contributed by atoms with Gasteiger partial charge in [-0.05, 0) is 29.5 Å². The molecule has 4 N–H and O–H groups in total. The molecule has 0 aliphatic carbocycles. The molecule has 8 heteroatoms. The van der Waals surface area contributed by atoms with Gasteiger partial charge in [0.1, 0.15) is 18.7 Å². The van der Waals surface area contributed by atoms with Gasteiger partial charge in [0.2, 0.25) is 11.8 Å². The van der Waals surface area contributed by atoms with Gasteiger partial charge in [-0.25, -0.2) is 4.79 Å². The third-order valence-corrected chi connectivity index (χ3v) is 5.51. The minimum atomic E-state index is -0.835. The SMILES string of the molecule is CNC(=O)[C@H](Cc1c[nH]c2ccccc12)NC(=O)[C@H](CC(C)C)NC(=O)OCc1ccccc1. The molecule has 0 saturated carbocycles. The van der Waals surface area contributed by atoms with Crippen LogP contribution in [0.2, 0.25) is 0 Å². The zero-order valence-corrected chi connectivity index (χ0v) is 19.8. The topological polar surface area (TPSA) is 112 Å². The molecular formula is C26H32N4O4. The summed E-state index contributed by atoms with van der Waals surface area (Å²) < 4.78 is 5.28. The number of carbonyl (C=O) groups excluding carboxylic acids is 3. The Morgan fingerprint density at radius 1 is 0.912 bits per heavy atom. The molecule has 0 aliphatic heterocycles. The van der Waals surface area contributed by atoms with Gasteiger partial charge >= 0.3 is 6.09 Å². The van der Waals surface area contributed by atoms with Crippen molar-refractivity contribution in [1.82, 2.24) is 20.9 Å². The molecule has 3 aromatic rings. The van der Waals surface area contributed by atoms with Crippen molar-refractivity contribution in [3.8, 4) is 0 Å². The average Bonchev–Trinajstić information content (AvgIpc) is 3.24. The van der Waals surface area contributed by atoms with Crippen LogP contribution in [0.5, 0.6) is 0 Å². The van der Waals surface area contributed by atoms with Crippen LogP contribution < -0.4 is 16.0 Å². The second-order valence-corrected chi connectivity index (χ2v) is 8.63. The summed E-state index contributed by atoms with van der Waals surface area (Å²) in [5.74, 6) is -0.607. The van der Waals surface area contributed by atoms with Crippen molar-refractivity contribution >= 4 is 28.8 Å². The Hall–Kier alpha value is -3.81. The number of hydrogen-bond acceptors (Lipinski definition) is 4. The molecule has 0 aliphatic rings. The number of aromatic amines is 1. The fourth-order valence-corrected chi connectivity index (χ4v) is 3.79. The van der Waals surface area contributed by atoms with Crippen molar-refractivity contribution in [3.63, 3.8) is 0 Å². The van der Waals surface area contributed by atoms with Crippen molar-refractivity contribution in [2.45, 2.75) is 45.4 Å². The minimum absolute atomic E-state index is 0.101. The number of amides is 3. The van der Waals surface area contributed by atoms with E-state index in [1.54, 1.807) is 0 Å². The molecule has 8 nitrogen and oxygen atoms in total. The molecule has 0 radical (unpaired) electrons. The Bertz CT molecular complexity index is 1110. The first-order valence-corrected chi connectivity index (χ1v) is 11.4. The number of rotatable bonds is 10. The van der Waals surface area contributed by atoms with Crippen molar-refractivity contribution in [3.05, 3.63) is 71.9 Å². The molecule has 1 heterocycles. The molecule has 0 saturated heterocycles. The molecule has 3 rings (SSSR count). The van der Waals surface area contributed by atoms with E-state index in [2.05, 4.69) is 20.9 Å². The molecule has 180 valence electrons. The highest BCUT2D eigenvalue weighted by Crippen LogP contribution is 2.19. The Kier molecular flexibility index (Phi) is 8.67. The number of benzene rings is 2. The van der Waals surface area contributed by atoms with Gasteiger partial charge in [-0.15, -0.1) is 0 Å². The van der Waals surface area contributed by atoms with E-state index >= 15 is 0 Å². The van der Waals surface area contributed by atoms with Crippen LogP contribution in [0.3, 0.4) is 0 Å². The summed E-state index contributed by atoms with van der Waals surface area (Å²) in [7, 11) is 1.53. The number of hydrogen-bond donors (Lipinski definition) is 4. The molecule has 0 unspecified atom stereocenters. The van der Waals surface area contributed by atoms with Crippen molar-refractivity contribution in [2.24, 2.45) is 5.92 Å². The van der Waals surface area contributed by atoms with Crippen LogP contribution in [-0.4, -0.2) is 42.0 Å². The predicted molar refractivity (Wildman–Crippen MR) is 131 cm³/mol. The third-order valence-electron chi connectivity index (χ3n) is 5.51. The normalized spacial score (nSPS) is 12.7. The second-order valence-electron chi connectivity index (χ2n) is 8.63. The smallest absolute Gasteiger partial charge is 0.408 e. The van der Waals surface area contributed by atoms with E-state index in [4.69, 9.17) is 4.74 Å². The Morgan fingerprint density at radius 2 is 1.62 bits per heavy atom. The van der Waals surface area contributed by atoms with E-state index in [9.17, 15) is 14.4 Å². The molecule has 0 fully saturated rings. The maximum atomic E-state index is 13.1. The van der Waals surface area contributed by atoms with E-state index in [0.717, 1.165) is 22.0 Å². The Morgan fingerprint density at radius 3 is 2.32 bits per heavy atom. The zero-order chi connectivity index (χ0) is 24.5. The van der Waals surface area contributed by atoms with E-state index in [-0.39, 0.29) is 18.4 Å². The van der Waals surface area contributed by atoms with Crippen molar-refractivity contribution in [1.29, 1.82) is 0 Å². The first kappa shape index (κ1) is 24.8. The lowest BCUT2D eigenvalue weighted by Gasteiger charge is -2.23. The number of fused-ring (bicyclic) bond motifs is 1. The monoisotopic (exact) mass is 464 g/mol. The summed E-state index contributed by atoms with van der Waals surface area (Å²) in [6, 6.07) is 15.4. The van der Waals surface area contributed by atoms with Gasteiger partial charge in [-0.2, -0.15) is 0 Å². The number of aromatic nitrogens is 1. The van der Waals surface area contributed by atoms with Crippen LogP contribution in [0.4, 0.5) is 4.79 Å². The van der Waals surface area contributed by atoms with Crippen molar-refractivity contribution in [2.75, 3.05) is 7.05 Å². The van der Waals surface area contributed by atoms with E-state index < -0.39 is 24.1 Å². The first-order valence-electron chi connectivity index (χ1n) is 11.4. The summed E-state index contributed by atoms with van der Waals surface area (Å²) >= 11 is 0. The highest BCUT2D eigenvalue weighted by atomic mass is 16.5. The molecule has 0 bridgehead atoms. The predicted octanol–water partition coefficient (Wildman–Crippen LogP) is 3.28. The van der Waals surface area contributed by atoms with Gasteiger partial charge in [0, 0.05) is 30.6 Å². The molecule has 0 spiro atoms. The van der Waals surface area contributed by atoms with Crippen molar-refractivity contribution < 1.29 is 19.1 Å². The van der Waals surface area contributed by atoms with E-state index in [1.807, 2.05) is 74.6 Å². The summed E-state index contributed by atoms with van der Waals surface area (Å²) in [6.07, 6.45) is 1.87. The van der Waals surface area contributed by atoms with Gasteiger partial charge in [0.05, 0.1) is 0 Å². The second kappa shape index (κ2) is 11.9. The lowest BCUT2D eigenvalue weighted by Crippen LogP contribution is -2.54. The fourth-order valence-electron chi connectivity index (χ4n) is 3.79. The van der Waals surface area contributed by atoms with E-state index in [0.29, 0.717) is 12.8 Å². The van der Waals surface area contributed by atoms with E-state index in [1.165, 1.54) is 7.05 Å². The number of para-hydroxylation sites is 1. The minimum Gasteiger partial charge on any atom is -0.445 e. The average molecular weight is 465 g/mol. The summed E-state index contributed by atoms with van der Waals surface area (Å²) in [5, 5.41) is 9.08. The molecule has 1 aromatic heterocycles. The van der Waals surface area contributed by atoms with Gasteiger partial charge < -0.3 is 25.7 Å². The third kappa shape index (κ3) is 6.84. The quantitative estimate of drug-likeness (QED) is 0.369. The number of carbonyl (C=O) groups is 3. The van der Waals surface area contributed by atoms with Gasteiger partial charge in [-0.1, -0.05) is 62.4 Å². The number of nitrogens with one attached hydrogen (secondary N) is 4. The fraction of sp³-hybridized carbons (Fsp3) is 0.346. The van der Waals surface area contributed by atoms with Crippen LogP contribution in [0.15, 0.2) is 60.8 Å². The van der Waals surface area contributed by atoms with Crippen LogP contribution in [0, 0.1) is 5.92 Å². The highest BCUT2D eigenvalue weighted by molar-refractivity contribution is 5.92. The standard InChI is InChI=1S/C26H32N4O4/c1-17(2)13-22(30-26(33)34-16-18-9-5-4-6-10-18)25(32)29-23(24(31)27-3)14-19-15-28-21-12-8-7-11-20(19)21/h4-12,15,17,22-23,28H,13-14,16H2,1-3H3,(H,27,31)(H,29,32)(H,30,33)/t22-,23-/m0/s1. The first-order chi connectivity index (χ1) is 16.4. The van der Waals surface area contributed by atoms with Crippen LogP contribution >= 0.6 is 0 Å². The molecule has 2 aromatic carbocycles. The Labute approximate surface area is 199 Å². The lowest BCUT2D eigenvalue weighted by molar-refractivity contribution is -0.129. The molecule has 2 atom stereocenters. The maximum absolute atomic E-state index is 13.1. The largest absolute Gasteiger partial charge is 0.445 e. The number of likely N-dealkylation sites (N-methyl/N-ethyl adjacent to an activating group) is 1. The van der Waals surface area contributed by atoms with Crippen LogP contribution in [0.25, 0.3) is 10.9 Å². The summed E-state index contributed by atoms with van der Waals surface area (Å²) in [6.45, 7) is 4.02. The Balaban J connectivity index is 1.68. The molecule has 3 amide bonds. The number of alkyl carbamates (subject to hydrolysis) is 1. The number of H-pyrrole nitrogens is 1. The summed E-state index contributed by atoms with van der Waals surface area (Å²) in [4.78, 5) is 41.3. The number of ether oxygens (including phenoxy) is 1. The van der Waals surface area contributed by atoms with Gasteiger partial charge in [0.25, 0.3) is 0 Å². The zero-order valence-electron chi connectivity index (χ0n) is 19.8. The lowest BCUT2D eigenvalue weighted by atomic mass is 10.0. The van der Waals surface area contributed by atoms with Gasteiger partial charge in [-0.3, -0.25) is 9.59 Å². The maximum Gasteiger partial charge on any atom is 0.408 e. The summed E-state index contributed by atoms with van der Waals surface area (Å²) in [5.41, 5.74) is 2.72. The highest BCUT2D eigenvalue weighted by Gasteiger charge is 2.28. The molecular weight excluding hydrogens is 432 g/mol.